The van der Waals surface area contributed by atoms with E-state index in [0.717, 1.165) is 23.4 Å². The molecule has 7 heteroatoms. The number of anilines is 1. The van der Waals surface area contributed by atoms with Gasteiger partial charge >= 0.3 is 0 Å². The molecule has 0 saturated heterocycles. The van der Waals surface area contributed by atoms with Gasteiger partial charge < -0.3 is 10.1 Å². The van der Waals surface area contributed by atoms with Crippen molar-refractivity contribution in [2.24, 2.45) is 0 Å². The fraction of sp³-hybridized carbons (Fsp3) is 0.154. The molecule has 0 aliphatic rings. The average Bonchev–Trinajstić information content (AvgIpc) is 3.10. The van der Waals surface area contributed by atoms with Gasteiger partial charge in [0.25, 0.3) is 0 Å². The quantitative estimate of drug-likeness (QED) is 0.371. The predicted octanol–water partition coefficient (Wildman–Crippen LogP) is 6.13. The highest BCUT2D eigenvalue weighted by Crippen LogP contribution is 2.33. The van der Waals surface area contributed by atoms with Gasteiger partial charge in [-0.2, -0.15) is 5.10 Å². The van der Waals surface area contributed by atoms with Gasteiger partial charge in [0.1, 0.15) is 5.82 Å². The van der Waals surface area contributed by atoms with E-state index in [4.69, 9.17) is 4.74 Å². The molecule has 0 aliphatic heterocycles. The maximum absolute atomic E-state index is 14.4. The van der Waals surface area contributed by atoms with Crippen molar-refractivity contribution in [3.05, 3.63) is 101 Å². The number of nitrogens with one attached hydrogen (secondary N) is 1. The SMILES string of the molecule is Cc1cccc(-n2nc(C)c(CCC(=O)Nc3ccccc3)c2Oc2ccc(F)cc2F)c1. The molecule has 0 atom stereocenters. The third kappa shape index (κ3) is 5.26. The van der Waals surface area contributed by atoms with Crippen LogP contribution in [0.15, 0.2) is 72.8 Å². The topological polar surface area (TPSA) is 56.2 Å². The number of carbonyl (C=O) groups excluding carboxylic acids is 1. The highest BCUT2D eigenvalue weighted by atomic mass is 19.1. The summed E-state index contributed by atoms with van der Waals surface area (Å²) in [5.41, 5.74) is 3.78. The van der Waals surface area contributed by atoms with E-state index in [1.54, 1.807) is 4.68 Å². The largest absolute Gasteiger partial charge is 0.436 e. The number of rotatable bonds is 7. The van der Waals surface area contributed by atoms with Gasteiger partial charge in [-0.15, -0.1) is 0 Å². The molecule has 0 unspecified atom stereocenters. The summed E-state index contributed by atoms with van der Waals surface area (Å²) in [6.45, 7) is 3.76. The summed E-state index contributed by atoms with van der Waals surface area (Å²) in [5, 5.41) is 7.44. The molecule has 4 rings (SSSR count). The Balaban J connectivity index is 1.66. The van der Waals surface area contributed by atoms with Gasteiger partial charge in [0.15, 0.2) is 11.6 Å². The van der Waals surface area contributed by atoms with Gasteiger partial charge in [-0.25, -0.2) is 13.5 Å². The zero-order chi connectivity index (χ0) is 23.4. The molecule has 0 spiro atoms. The van der Waals surface area contributed by atoms with Crippen molar-refractivity contribution < 1.29 is 18.3 Å². The number of hydrogen-bond donors (Lipinski definition) is 1. The minimum absolute atomic E-state index is 0.125. The van der Waals surface area contributed by atoms with Crippen LogP contribution in [0.3, 0.4) is 0 Å². The minimum Gasteiger partial charge on any atom is -0.436 e. The van der Waals surface area contributed by atoms with E-state index in [1.807, 2.05) is 68.4 Å². The van der Waals surface area contributed by atoms with Crippen molar-refractivity contribution in [2.45, 2.75) is 26.7 Å². The molecule has 0 radical (unpaired) electrons. The molecule has 4 aromatic rings. The fourth-order valence-corrected chi connectivity index (χ4v) is 3.51. The summed E-state index contributed by atoms with van der Waals surface area (Å²) in [6.07, 6.45) is 0.506. The van der Waals surface area contributed by atoms with Crippen molar-refractivity contribution in [3.8, 4) is 17.3 Å². The van der Waals surface area contributed by atoms with Crippen molar-refractivity contribution in [1.29, 1.82) is 0 Å². The van der Waals surface area contributed by atoms with Crippen LogP contribution in [0, 0.1) is 25.5 Å². The van der Waals surface area contributed by atoms with Crippen molar-refractivity contribution >= 4 is 11.6 Å². The van der Waals surface area contributed by atoms with E-state index in [9.17, 15) is 13.6 Å². The molecule has 1 amide bonds. The molecule has 1 heterocycles. The van der Waals surface area contributed by atoms with Crippen LogP contribution in [-0.4, -0.2) is 15.7 Å². The van der Waals surface area contributed by atoms with Gasteiger partial charge in [-0.1, -0.05) is 30.3 Å². The van der Waals surface area contributed by atoms with Gasteiger partial charge in [-0.05, 0) is 62.2 Å². The number of aryl methyl sites for hydroxylation is 2. The van der Waals surface area contributed by atoms with Crippen molar-refractivity contribution in [2.75, 3.05) is 5.32 Å². The lowest BCUT2D eigenvalue weighted by atomic mass is 10.1. The first kappa shape index (κ1) is 22.2. The van der Waals surface area contributed by atoms with Gasteiger partial charge in [-0.3, -0.25) is 4.79 Å². The highest BCUT2D eigenvalue weighted by Gasteiger charge is 2.21. The van der Waals surface area contributed by atoms with E-state index in [2.05, 4.69) is 10.4 Å². The Morgan fingerprint density at radius 3 is 2.52 bits per heavy atom. The Morgan fingerprint density at radius 1 is 1.00 bits per heavy atom. The molecular formula is C26H23F2N3O2. The lowest BCUT2D eigenvalue weighted by Crippen LogP contribution is -2.12. The van der Waals surface area contributed by atoms with Gasteiger partial charge in [0, 0.05) is 23.7 Å². The zero-order valence-corrected chi connectivity index (χ0v) is 18.3. The molecule has 3 aromatic carbocycles. The molecule has 168 valence electrons. The van der Waals surface area contributed by atoms with Crippen molar-refractivity contribution in [1.82, 2.24) is 9.78 Å². The molecule has 0 saturated carbocycles. The first-order chi connectivity index (χ1) is 15.9. The number of amides is 1. The molecule has 33 heavy (non-hydrogen) atoms. The Morgan fingerprint density at radius 2 is 1.79 bits per heavy atom. The number of hydrogen-bond acceptors (Lipinski definition) is 3. The summed E-state index contributed by atoms with van der Waals surface area (Å²) < 4.78 is 35.3. The second-order valence-corrected chi connectivity index (χ2v) is 7.71. The molecule has 0 fully saturated rings. The monoisotopic (exact) mass is 447 g/mol. The lowest BCUT2D eigenvalue weighted by Gasteiger charge is -2.12. The summed E-state index contributed by atoms with van der Waals surface area (Å²) in [5.74, 6) is -1.52. The van der Waals surface area contributed by atoms with Crippen LogP contribution in [0.1, 0.15) is 23.2 Å². The zero-order valence-electron chi connectivity index (χ0n) is 18.3. The van der Waals surface area contributed by atoms with Crippen LogP contribution >= 0.6 is 0 Å². The predicted molar refractivity (Wildman–Crippen MR) is 123 cm³/mol. The summed E-state index contributed by atoms with van der Waals surface area (Å²) in [4.78, 5) is 12.5. The van der Waals surface area contributed by atoms with Gasteiger partial charge in [0.05, 0.1) is 11.4 Å². The van der Waals surface area contributed by atoms with E-state index in [0.29, 0.717) is 23.4 Å². The number of benzene rings is 3. The Bertz CT molecular complexity index is 1290. The maximum Gasteiger partial charge on any atom is 0.226 e. The van der Waals surface area contributed by atoms with Crippen LogP contribution in [0.4, 0.5) is 14.5 Å². The summed E-state index contributed by atoms with van der Waals surface area (Å²) in [7, 11) is 0. The van der Waals surface area contributed by atoms with Crippen LogP contribution < -0.4 is 10.1 Å². The lowest BCUT2D eigenvalue weighted by molar-refractivity contribution is -0.116. The Labute approximate surface area is 190 Å². The molecule has 5 nitrogen and oxygen atoms in total. The molecule has 0 aliphatic carbocycles. The molecular weight excluding hydrogens is 424 g/mol. The second kappa shape index (κ2) is 9.65. The maximum atomic E-state index is 14.4. The third-order valence-electron chi connectivity index (χ3n) is 5.14. The number of nitrogens with zero attached hydrogens (tertiary/aromatic N) is 2. The first-order valence-corrected chi connectivity index (χ1v) is 10.5. The summed E-state index contributed by atoms with van der Waals surface area (Å²) >= 11 is 0. The fourth-order valence-electron chi connectivity index (χ4n) is 3.51. The number of para-hydroxylation sites is 1. The number of halogens is 2. The van der Waals surface area contributed by atoms with Crippen LogP contribution in [0.2, 0.25) is 0 Å². The molecule has 0 bridgehead atoms. The van der Waals surface area contributed by atoms with E-state index in [1.165, 1.54) is 6.07 Å². The summed E-state index contributed by atoms with van der Waals surface area (Å²) in [6, 6.07) is 19.9. The average molecular weight is 447 g/mol. The first-order valence-electron chi connectivity index (χ1n) is 10.5. The standard InChI is InChI=1S/C26H23F2N3O2/c1-17-7-6-10-21(15-17)31-26(33-24-13-11-19(27)16-23(24)28)22(18(2)30-31)12-14-25(32)29-20-8-4-3-5-9-20/h3-11,13,15-16H,12,14H2,1-2H3,(H,29,32). The Kier molecular flexibility index (Phi) is 6.49. The minimum atomic E-state index is -0.822. The van der Waals surface area contributed by atoms with E-state index in [-0.39, 0.29) is 24.0 Å². The number of carbonyl (C=O) groups is 1. The smallest absolute Gasteiger partial charge is 0.226 e. The van der Waals surface area contributed by atoms with Crippen LogP contribution in [0.25, 0.3) is 5.69 Å². The van der Waals surface area contributed by atoms with Crippen LogP contribution in [0.5, 0.6) is 11.6 Å². The molecule has 1 N–H and O–H groups in total. The normalized spacial score (nSPS) is 10.8. The number of ether oxygens (including phenoxy) is 1. The number of aromatic nitrogens is 2. The van der Waals surface area contributed by atoms with Crippen LogP contribution in [-0.2, 0) is 11.2 Å². The second-order valence-electron chi connectivity index (χ2n) is 7.71. The van der Waals surface area contributed by atoms with E-state index < -0.39 is 11.6 Å². The molecule has 1 aromatic heterocycles. The van der Waals surface area contributed by atoms with Crippen molar-refractivity contribution in [3.63, 3.8) is 0 Å². The van der Waals surface area contributed by atoms with E-state index >= 15 is 0 Å². The van der Waals surface area contributed by atoms with Gasteiger partial charge in [0.2, 0.25) is 11.8 Å². The highest BCUT2D eigenvalue weighted by molar-refractivity contribution is 5.90. The third-order valence-corrected chi connectivity index (χ3v) is 5.14. The Hall–Kier alpha value is -4.00.